The first-order valence-corrected chi connectivity index (χ1v) is 11.8. The molecule has 3 amide bonds. The maximum atomic E-state index is 13.2. The van der Waals surface area contributed by atoms with Crippen molar-refractivity contribution >= 4 is 35.6 Å². The Morgan fingerprint density at radius 3 is 2.19 bits per heavy atom. The number of aliphatic carboxylic acids is 2. The molecule has 36 heavy (non-hydrogen) atoms. The van der Waals surface area contributed by atoms with Gasteiger partial charge in [-0.3, -0.25) is 24.2 Å². The van der Waals surface area contributed by atoms with E-state index in [2.05, 4.69) is 15.6 Å². The van der Waals surface area contributed by atoms with Crippen molar-refractivity contribution in [2.45, 2.75) is 75.5 Å². The van der Waals surface area contributed by atoms with Crippen LogP contribution in [0.15, 0.2) is 4.99 Å². The molecule has 15 heteroatoms. The fourth-order valence-electron chi connectivity index (χ4n) is 3.84. The Balaban J connectivity index is 3.03. The van der Waals surface area contributed by atoms with Crippen LogP contribution in [0.4, 0.5) is 0 Å². The van der Waals surface area contributed by atoms with Gasteiger partial charge in [0.1, 0.15) is 18.1 Å². The van der Waals surface area contributed by atoms with Crippen LogP contribution >= 0.6 is 0 Å². The van der Waals surface area contributed by atoms with Gasteiger partial charge in [-0.2, -0.15) is 0 Å². The summed E-state index contributed by atoms with van der Waals surface area (Å²) < 4.78 is 0. The molecule has 0 bridgehead atoms. The van der Waals surface area contributed by atoms with E-state index in [1.807, 2.05) is 0 Å². The standard InChI is InChI=1S/C21H38N8O7/c22-8-2-1-5-13(27-17(32)12(23)11-16(30)31)18(33)28-14(6-3-9-26-21(24)25)19(34)29-10-4-7-15(29)20(35)36/h12-15H,1-11,22-23H2,(H,27,32)(H,28,33)(H,30,31)(H,35,36)(H4,24,25,26). The number of carboxylic acid groups (broad SMARTS) is 2. The minimum atomic E-state index is -1.37. The first kappa shape index (κ1) is 30.6. The molecule has 1 aliphatic rings. The summed E-state index contributed by atoms with van der Waals surface area (Å²) in [6.07, 6.45) is 1.83. The fraction of sp³-hybridized carbons (Fsp3) is 0.714. The molecule has 1 aliphatic heterocycles. The van der Waals surface area contributed by atoms with Gasteiger partial charge in [-0.1, -0.05) is 0 Å². The van der Waals surface area contributed by atoms with E-state index in [0.29, 0.717) is 38.6 Å². The Labute approximate surface area is 209 Å². The summed E-state index contributed by atoms with van der Waals surface area (Å²) in [5, 5.41) is 23.4. The first-order valence-electron chi connectivity index (χ1n) is 11.8. The molecule has 0 aromatic rings. The van der Waals surface area contributed by atoms with Crippen molar-refractivity contribution in [2.75, 3.05) is 19.6 Å². The number of unbranched alkanes of at least 4 members (excludes halogenated alkanes) is 1. The second kappa shape index (κ2) is 15.5. The third-order valence-corrected chi connectivity index (χ3v) is 5.69. The molecule has 15 nitrogen and oxygen atoms in total. The molecule has 0 saturated carbocycles. The molecule has 1 fully saturated rings. The predicted octanol–water partition coefficient (Wildman–Crippen LogP) is -2.98. The first-order chi connectivity index (χ1) is 17.0. The van der Waals surface area contributed by atoms with Gasteiger partial charge in [0.25, 0.3) is 0 Å². The summed E-state index contributed by atoms with van der Waals surface area (Å²) in [4.78, 5) is 66.3. The van der Waals surface area contributed by atoms with Gasteiger partial charge in [0.15, 0.2) is 5.96 Å². The maximum absolute atomic E-state index is 13.2. The second-order valence-corrected chi connectivity index (χ2v) is 8.59. The highest BCUT2D eigenvalue weighted by molar-refractivity contribution is 5.94. The monoisotopic (exact) mass is 514 g/mol. The lowest BCUT2D eigenvalue weighted by Crippen LogP contribution is -2.57. The van der Waals surface area contributed by atoms with E-state index >= 15 is 0 Å². The van der Waals surface area contributed by atoms with E-state index in [9.17, 15) is 29.1 Å². The number of nitrogens with zero attached hydrogens (tertiary/aromatic N) is 2. The molecule has 1 saturated heterocycles. The number of carbonyl (C=O) groups excluding carboxylic acids is 3. The minimum absolute atomic E-state index is 0.117. The van der Waals surface area contributed by atoms with E-state index in [-0.39, 0.29) is 31.9 Å². The van der Waals surface area contributed by atoms with Gasteiger partial charge in [-0.25, -0.2) is 4.79 Å². The van der Waals surface area contributed by atoms with Gasteiger partial charge in [-0.15, -0.1) is 0 Å². The normalized spacial score (nSPS) is 17.5. The topological polar surface area (TPSA) is 270 Å². The quantitative estimate of drug-likeness (QED) is 0.0584. The van der Waals surface area contributed by atoms with Gasteiger partial charge in [0.05, 0.1) is 12.5 Å². The second-order valence-electron chi connectivity index (χ2n) is 8.59. The van der Waals surface area contributed by atoms with Gasteiger partial charge >= 0.3 is 11.9 Å². The molecule has 0 spiro atoms. The van der Waals surface area contributed by atoms with Crippen LogP contribution in [0.3, 0.4) is 0 Å². The van der Waals surface area contributed by atoms with Crippen LogP contribution < -0.4 is 33.6 Å². The van der Waals surface area contributed by atoms with Crippen LogP contribution in [0.25, 0.3) is 0 Å². The molecule has 12 N–H and O–H groups in total. The van der Waals surface area contributed by atoms with E-state index in [1.165, 1.54) is 4.90 Å². The van der Waals surface area contributed by atoms with Crippen molar-refractivity contribution < 1.29 is 34.2 Å². The molecule has 0 aromatic carbocycles. The van der Waals surface area contributed by atoms with E-state index in [0.717, 1.165) is 0 Å². The molecule has 1 rings (SSSR count). The smallest absolute Gasteiger partial charge is 0.326 e. The van der Waals surface area contributed by atoms with Gasteiger partial charge < -0.3 is 48.7 Å². The summed E-state index contributed by atoms with van der Waals surface area (Å²) in [6.45, 7) is 0.778. The van der Waals surface area contributed by atoms with E-state index < -0.39 is 60.2 Å². The number of likely N-dealkylation sites (tertiary alicyclic amines) is 1. The molecule has 4 unspecified atom stereocenters. The van der Waals surface area contributed by atoms with Crippen LogP contribution in [-0.4, -0.2) is 94.5 Å². The molecule has 4 atom stereocenters. The lowest BCUT2D eigenvalue weighted by atomic mass is 10.0. The van der Waals surface area contributed by atoms with Gasteiger partial charge in [0, 0.05) is 13.1 Å². The largest absolute Gasteiger partial charge is 0.481 e. The van der Waals surface area contributed by atoms with Gasteiger partial charge in [0.2, 0.25) is 17.7 Å². The third kappa shape index (κ3) is 10.4. The van der Waals surface area contributed by atoms with Crippen molar-refractivity contribution in [2.24, 2.45) is 27.9 Å². The Kier molecular flexibility index (Phi) is 13.2. The van der Waals surface area contributed by atoms with Crippen molar-refractivity contribution in [1.29, 1.82) is 0 Å². The fourth-order valence-corrected chi connectivity index (χ4v) is 3.84. The summed E-state index contributed by atoms with van der Waals surface area (Å²) >= 11 is 0. The Morgan fingerprint density at radius 1 is 0.972 bits per heavy atom. The zero-order valence-electron chi connectivity index (χ0n) is 20.2. The summed E-state index contributed by atoms with van der Waals surface area (Å²) in [6, 6.07) is -4.56. The molecular formula is C21H38N8O7. The zero-order valence-corrected chi connectivity index (χ0v) is 20.2. The maximum Gasteiger partial charge on any atom is 0.326 e. The summed E-state index contributed by atoms with van der Waals surface area (Å²) in [7, 11) is 0. The number of rotatable bonds is 16. The number of nitrogens with two attached hydrogens (primary N) is 4. The average molecular weight is 515 g/mol. The number of amides is 3. The van der Waals surface area contributed by atoms with Crippen molar-refractivity contribution in [3.8, 4) is 0 Å². The molecular weight excluding hydrogens is 476 g/mol. The van der Waals surface area contributed by atoms with Crippen LogP contribution in [0, 0.1) is 0 Å². The number of carboxylic acids is 2. The SMILES string of the molecule is NCCCCC(NC(=O)C(N)CC(=O)O)C(=O)NC(CCCN=C(N)N)C(=O)N1CCCC1C(=O)O. The van der Waals surface area contributed by atoms with Crippen molar-refractivity contribution in [3.63, 3.8) is 0 Å². The minimum Gasteiger partial charge on any atom is -0.481 e. The number of hydrogen-bond acceptors (Lipinski definition) is 8. The Hall–Kier alpha value is -3.46. The van der Waals surface area contributed by atoms with Crippen LogP contribution in [-0.2, 0) is 24.0 Å². The zero-order chi connectivity index (χ0) is 27.3. The molecule has 0 aromatic heterocycles. The van der Waals surface area contributed by atoms with Crippen LogP contribution in [0.1, 0.15) is 51.4 Å². The number of aliphatic imine (C=N–C) groups is 1. The van der Waals surface area contributed by atoms with Crippen molar-refractivity contribution in [3.05, 3.63) is 0 Å². The van der Waals surface area contributed by atoms with Crippen LogP contribution in [0.2, 0.25) is 0 Å². The summed E-state index contributed by atoms with van der Waals surface area (Å²) in [5.74, 6) is -4.61. The van der Waals surface area contributed by atoms with E-state index in [4.69, 9.17) is 28.0 Å². The molecule has 0 aliphatic carbocycles. The van der Waals surface area contributed by atoms with Crippen LogP contribution in [0.5, 0.6) is 0 Å². The lowest BCUT2D eigenvalue weighted by molar-refractivity contribution is -0.149. The highest BCUT2D eigenvalue weighted by atomic mass is 16.4. The highest BCUT2D eigenvalue weighted by Crippen LogP contribution is 2.20. The predicted molar refractivity (Wildman–Crippen MR) is 129 cm³/mol. The average Bonchev–Trinajstić information content (AvgIpc) is 3.29. The van der Waals surface area contributed by atoms with E-state index in [1.54, 1.807) is 0 Å². The molecule has 1 heterocycles. The van der Waals surface area contributed by atoms with Crippen molar-refractivity contribution in [1.82, 2.24) is 15.5 Å². The Morgan fingerprint density at radius 2 is 1.61 bits per heavy atom. The van der Waals surface area contributed by atoms with Gasteiger partial charge in [-0.05, 0) is 51.5 Å². The lowest BCUT2D eigenvalue weighted by Gasteiger charge is -2.29. The third-order valence-electron chi connectivity index (χ3n) is 5.69. The molecule has 0 radical (unpaired) electrons. The molecule has 204 valence electrons. The summed E-state index contributed by atoms with van der Waals surface area (Å²) in [5.41, 5.74) is 21.8. The number of hydrogen-bond donors (Lipinski definition) is 8. The highest BCUT2D eigenvalue weighted by Gasteiger charge is 2.38. The Bertz CT molecular complexity index is 818. The number of guanidine groups is 1. The number of nitrogens with one attached hydrogen (secondary N) is 2. The number of carbonyl (C=O) groups is 5.